The maximum absolute atomic E-state index is 11.7. The minimum absolute atomic E-state index is 0.311. The van der Waals surface area contributed by atoms with Gasteiger partial charge in [0.15, 0.2) is 0 Å². The van der Waals surface area contributed by atoms with Gasteiger partial charge in [0.05, 0.1) is 29.0 Å². The molecule has 6 nitrogen and oxygen atoms in total. The topological polar surface area (TPSA) is 83.0 Å². The highest BCUT2D eigenvalue weighted by atomic mass is 32.2. The predicted octanol–water partition coefficient (Wildman–Crippen LogP) is 1.73. The highest BCUT2D eigenvalue weighted by Gasteiger charge is 2.15. The molecule has 2 aromatic rings. The molecule has 0 spiro atoms. The number of hydrogen-bond donors (Lipinski definition) is 1. The van der Waals surface area contributed by atoms with Crippen molar-refractivity contribution in [3.8, 4) is 0 Å². The number of nitrogens with zero attached hydrogens (tertiary/aromatic N) is 3. The second kappa shape index (κ2) is 5.75. The predicted molar refractivity (Wildman–Crippen MR) is 71.9 cm³/mol. The Morgan fingerprint density at radius 1 is 1.58 bits per heavy atom. The van der Waals surface area contributed by atoms with E-state index in [9.17, 15) is 4.79 Å². The number of aryl methyl sites for hydroxylation is 1. The van der Waals surface area contributed by atoms with Gasteiger partial charge in [-0.25, -0.2) is 9.78 Å². The van der Waals surface area contributed by atoms with Crippen molar-refractivity contribution in [2.24, 2.45) is 7.05 Å². The third-order valence-corrected chi connectivity index (χ3v) is 3.31. The lowest BCUT2D eigenvalue weighted by Gasteiger charge is -2.08. The minimum Gasteiger partial charge on any atom is -0.462 e. The first-order valence-corrected chi connectivity index (χ1v) is 6.51. The molecule has 0 bridgehead atoms. The highest BCUT2D eigenvalue weighted by molar-refractivity contribution is 7.99. The second-order valence-electron chi connectivity index (χ2n) is 3.75. The smallest absolute Gasteiger partial charge is 0.340 e. The maximum atomic E-state index is 11.7. The number of nitrogen functional groups attached to an aromatic ring is 1. The van der Waals surface area contributed by atoms with E-state index >= 15 is 0 Å². The Morgan fingerprint density at radius 3 is 3.00 bits per heavy atom. The van der Waals surface area contributed by atoms with Crippen LogP contribution in [0.5, 0.6) is 0 Å². The number of aromatic nitrogens is 3. The van der Waals surface area contributed by atoms with Crippen LogP contribution in [0.1, 0.15) is 17.3 Å². The van der Waals surface area contributed by atoms with Crippen molar-refractivity contribution in [3.05, 3.63) is 30.2 Å². The van der Waals surface area contributed by atoms with E-state index in [2.05, 4.69) is 10.1 Å². The quantitative estimate of drug-likeness (QED) is 0.857. The van der Waals surface area contributed by atoms with Gasteiger partial charge in [0.1, 0.15) is 5.03 Å². The fourth-order valence-corrected chi connectivity index (χ4v) is 2.35. The standard InChI is InChI=1S/C12H14N4O2S/c1-3-18-12(17)9-4-5-14-11(10(9)13)19-8-6-15-16(2)7-8/h4-7H,3,13H2,1-2H3. The molecule has 0 aromatic carbocycles. The van der Waals surface area contributed by atoms with Gasteiger partial charge < -0.3 is 10.5 Å². The van der Waals surface area contributed by atoms with Crippen LogP contribution in [-0.2, 0) is 11.8 Å². The zero-order valence-electron chi connectivity index (χ0n) is 10.7. The van der Waals surface area contributed by atoms with Gasteiger partial charge in [0.2, 0.25) is 0 Å². The summed E-state index contributed by atoms with van der Waals surface area (Å²) in [6, 6.07) is 1.56. The summed E-state index contributed by atoms with van der Waals surface area (Å²) in [5.74, 6) is -0.435. The molecule has 0 fully saturated rings. The lowest BCUT2D eigenvalue weighted by Crippen LogP contribution is -2.09. The molecule has 0 aliphatic rings. The molecule has 0 amide bonds. The van der Waals surface area contributed by atoms with E-state index in [-0.39, 0.29) is 0 Å². The van der Waals surface area contributed by atoms with E-state index in [0.29, 0.717) is 22.9 Å². The van der Waals surface area contributed by atoms with E-state index in [1.807, 2.05) is 13.2 Å². The zero-order chi connectivity index (χ0) is 13.8. The van der Waals surface area contributed by atoms with Crippen LogP contribution in [0.25, 0.3) is 0 Å². The number of esters is 1. The SMILES string of the molecule is CCOC(=O)c1ccnc(Sc2cnn(C)c2)c1N. The second-order valence-corrected chi connectivity index (χ2v) is 4.81. The Morgan fingerprint density at radius 2 is 2.37 bits per heavy atom. The molecule has 2 N–H and O–H groups in total. The number of carbonyl (C=O) groups is 1. The third-order valence-electron chi connectivity index (χ3n) is 2.34. The number of anilines is 1. The van der Waals surface area contributed by atoms with Crippen molar-refractivity contribution in [1.29, 1.82) is 0 Å². The monoisotopic (exact) mass is 278 g/mol. The van der Waals surface area contributed by atoms with Gasteiger partial charge in [-0.15, -0.1) is 0 Å². The zero-order valence-corrected chi connectivity index (χ0v) is 11.5. The van der Waals surface area contributed by atoms with E-state index in [1.54, 1.807) is 30.1 Å². The normalized spacial score (nSPS) is 10.4. The lowest BCUT2D eigenvalue weighted by atomic mass is 10.2. The molecular weight excluding hydrogens is 264 g/mol. The Kier molecular flexibility index (Phi) is 4.06. The first-order valence-electron chi connectivity index (χ1n) is 5.70. The van der Waals surface area contributed by atoms with Gasteiger partial charge in [-0.1, -0.05) is 11.8 Å². The molecule has 100 valence electrons. The molecule has 2 heterocycles. The van der Waals surface area contributed by atoms with E-state index < -0.39 is 5.97 Å². The Bertz CT molecular complexity index is 597. The Hall–Kier alpha value is -2.02. The number of hydrogen-bond acceptors (Lipinski definition) is 6. The van der Waals surface area contributed by atoms with E-state index in [4.69, 9.17) is 10.5 Å². The summed E-state index contributed by atoms with van der Waals surface area (Å²) in [4.78, 5) is 16.8. The summed E-state index contributed by atoms with van der Waals surface area (Å²) in [7, 11) is 1.83. The van der Waals surface area contributed by atoms with Crippen molar-refractivity contribution in [2.75, 3.05) is 12.3 Å². The molecule has 0 radical (unpaired) electrons. The van der Waals surface area contributed by atoms with Gasteiger partial charge in [0.25, 0.3) is 0 Å². The van der Waals surface area contributed by atoms with Crippen molar-refractivity contribution in [1.82, 2.24) is 14.8 Å². The molecule has 0 atom stereocenters. The van der Waals surface area contributed by atoms with Gasteiger partial charge >= 0.3 is 5.97 Å². The van der Waals surface area contributed by atoms with Gasteiger partial charge in [0, 0.05) is 19.4 Å². The van der Waals surface area contributed by atoms with Crippen molar-refractivity contribution >= 4 is 23.4 Å². The summed E-state index contributed by atoms with van der Waals surface area (Å²) < 4.78 is 6.63. The highest BCUT2D eigenvalue weighted by Crippen LogP contribution is 2.31. The third kappa shape index (κ3) is 3.05. The number of carbonyl (C=O) groups excluding carboxylic acids is 1. The average molecular weight is 278 g/mol. The molecule has 0 saturated heterocycles. The van der Waals surface area contributed by atoms with Crippen LogP contribution < -0.4 is 5.73 Å². The summed E-state index contributed by atoms with van der Waals surface area (Å²) in [6.07, 6.45) is 5.10. The Labute approximate surface area is 115 Å². The maximum Gasteiger partial charge on any atom is 0.340 e. The molecule has 0 saturated carbocycles. The Balaban J connectivity index is 2.27. The molecule has 0 aliphatic heterocycles. The molecular formula is C12H14N4O2S. The fraction of sp³-hybridized carbons (Fsp3) is 0.250. The first kappa shape index (κ1) is 13.4. The average Bonchev–Trinajstić information content (AvgIpc) is 2.78. The largest absolute Gasteiger partial charge is 0.462 e. The number of rotatable bonds is 4. The summed E-state index contributed by atoms with van der Waals surface area (Å²) in [6.45, 7) is 2.06. The lowest BCUT2D eigenvalue weighted by molar-refractivity contribution is 0.0527. The van der Waals surface area contributed by atoms with Crippen molar-refractivity contribution in [3.63, 3.8) is 0 Å². The van der Waals surface area contributed by atoms with Gasteiger partial charge in [-0.2, -0.15) is 5.10 Å². The van der Waals surface area contributed by atoms with Crippen LogP contribution in [0.15, 0.2) is 34.6 Å². The number of pyridine rings is 1. The van der Waals surface area contributed by atoms with Gasteiger partial charge in [-0.3, -0.25) is 4.68 Å². The molecule has 19 heavy (non-hydrogen) atoms. The molecule has 2 rings (SSSR count). The fourth-order valence-electron chi connectivity index (χ4n) is 1.49. The van der Waals surface area contributed by atoms with Crippen LogP contribution in [-0.4, -0.2) is 27.3 Å². The molecule has 0 unspecified atom stereocenters. The van der Waals surface area contributed by atoms with E-state index in [1.165, 1.54) is 11.8 Å². The van der Waals surface area contributed by atoms with E-state index in [0.717, 1.165) is 4.90 Å². The van der Waals surface area contributed by atoms with Gasteiger partial charge in [-0.05, 0) is 13.0 Å². The van der Waals surface area contributed by atoms with Crippen LogP contribution >= 0.6 is 11.8 Å². The van der Waals surface area contributed by atoms with Crippen LogP contribution in [0.3, 0.4) is 0 Å². The summed E-state index contributed by atoms with van der Waals surface area (Å²) in [5.41, 5.74) is 6.62. The van der Waals surface area contributed by atoms with Crippen molar-refractivity contribution in [2.45, 2.75) is 16.8 Å². The first-order chi connectivity index (χ1) is 9.11. The summed E-state index contributed by atoms with van der Waals surface area (Å²) in [5, 5.41) is 4.63. The number of ether oxygens (including phenoxy) is 1. The van der Waals surface area contributed by atoms with Crippen LogP contribution in [0.2, 0.25) is 0 Å². The molecule has 0 aliphatic carbocycles. The number of nitrogens with two attached hydrogens (primary N) is 1. The minimum atomic E-state index is -0.435. The van der Waals surface area contributed by atoms with Crippen LogP contribution in [0.4, 0.5) is 5.69 Å². The molecule has 2 aromatic heterocycles. The van der Waals surface area contributed by atoms with Crippen molar-refractivity contribution < 1.29 is 9.53 Å². The summed E-state index contributed by atoms with van der Waals surface area (Å²) >= 11 is 1.36. The molecule has 7 heteroatoms. The van der Waals surface area contributed by atoms with Crippen LogP contribution in [0, 0.1) is 0 Å².